The molecule has 21 heavy (non-hydrogen) atoms. The van der Waals surface area contributed by atoms with Crippen LogP contribution in [0.25, 0.3) is 0 Å². The number of fused-ring (bicyclic) bond motifs is 1. The average Bonchev–Trinajstić information content (AvgIpc) is 2.92. The van der Waals surface area contributed by atoms with Gasteiger partial charge in [-0.2, -0.15) is 0 Å². The van der Waals surface area contributed by atoms with E-state index in [-0.39, 0.29) is 19.3 Å². The van der Waals surface area contributed by atoms with Gasteiger partial charge in [-0.05, 0) is 26.0 Å². The summed E-state index contributed by atoms with van der Waals surface area (Å²) in [4.78, 5) is 11.5. The lowest BCUT2D eigenvalue weighted by atomic mass is 10.1. The topological polar surface area (TPSA) is 68.8 Å². The van der Waals surface area contributed by atoms with Gasteiger partial charge in [-0.25, -0.2) is 0 Å². The molecule has 0 radical (unpaired) electrons. The number of hydrogen-bond acceptors (Lipinski definition) is 5. The Bertz CT molecular complexity index is 491. The SMILES string of the molecule is CCCNCc1cc2c(cc1OCC(=O)NCC)OCO2. The van der Waals surface area contributed by atoms with E-state index in [0.29, 0.717) is 30.3 Å². The number of hydrogen-bond donors (Lipinski definition) is 2. The van der Waals surface area contributed by atoms with Gasteiger partial charge < -0.3 is 24.8 Å². The third kappa shape index (κ3) is 4.26. The van der Waals surface area contributed by atoms with Crippen LogP contribution in [0.4, 0.5) is 0 Å². The van der Waals surface area contributed by atoms with Crippen molar-refractivity contribution in [3.63, 3.8) is 0 Å². The minimum Gasteiger partial charge on any atom is -0.483 e. The summed E-state index contributed by atoms with van der Waals surface area (Å²) in [7, 11) is 0. The molecule has 1 heterocycles. The molecule has 2 rings (SSSR count). The second kappa shape index (κ2) is 7.73. The van der Waals surface area contributed by atoms with Crippen molar-refractivity contribution in [2.24, 2.45) is 0 Å². The number of carbonyl (C=O) groups is 1. The lowest BCUT2D eigenvalue weighted by Crippen LogP contribution is -2.28. The van der Waals surface area contributed by atoms with Gasteiger partial charge >= 0.3 is 0 Å². The molecule has 0 aromatic heterocycles. The van der Waals surface area contributed by atoms with Crippen molar-refractivity contribution in [2.45, 2.75) is 26.8 Å². The Kier molecular flexibility index (Phi) is 5.68. The zero-order chi connectivity index (χ0) is 15.1. The highest BCUT2D eigenvalue weighted by Crippen LogP contribution is 2.38. The molecule has 6 nitrogen and oxygen atoms in total. The molecule has 0 fully saturated rings. The van der Waals surface area contributed by atoms with Crippen molar-refractivity contribution in [1.82, 2.24) is 10.6 Å². The van der Waals surface area contributed by atoms with E-state index in [1.54, 1.807) is 6.07 Å². The first-order chi connectivity index (χ1) is 10.2. The molecule has 1 aromatic rings. The minimum absolute atomic E-state index is 0.00569. The van der Waals surface area contributed by atoms with Gasteiger partial charge in [0.2, 0.25) is 6.79 Å². The molecule has 1 amide bonds. The Balaban J connectivity index is 2.07. The molecule has 0 saturated heterocycles. The fourth-order valence-corrected chi connectivity index (χ4v) is 2.03. The highest BCUT2D eigenvalue weighted by atomic mass is 16.7. The summed E-state index contributed by atoms with van der Waals surface area (Å²) in [6.45, 7) is 6.37. The average molecular weight is 294 g/mol. The van der Waals surface area contributed by atoms with Gasteiger partial charge in [-0.15, -0.1) is 0 Å². The summed E-state index contributed by atoms with van der Waals surface area (Å²) >= 11 is 0. The first-order valence-electron chi connectivity index (χ1n) is 7.27. The zero-order valence-corrected chi connectivity index (χ0v) is 12.5. The van der Waals surface area contributed by atoms with E-state index in [1.165, 1.54) is 0 Å². The molecule has 0 saturated carbocycles. The van der Waals surface area contributed by atoms with Crippen LogP contribution in [-0.4, -0.2) is 32.4 Å². The van der Waals surface area contributed by atoms with E-state index in [2.05, 4.69) is 17.6 Å². The quantitative estimate of drug-likeness (QED) is 0.710. The molecule has 0 aliphatic carbocycles. The standard InChI is InChI=1S/C15H22N2O4/c1-3-5-16-8-11-6-13-14(21-10-20-13)7-12(11)19-9-15(18)17-4-2/h6-7,16H,3-5,8-10H2,1-2H3,(H,17,18). The Morgan fingerprint density at radius 3 is 2.76 bits per heavy atom. The maximum absolute atomic E-state index is 11.5. The third-order valence-corrected chi connectivity index (χ3v) is 3.03. The van der Waals surface area contributed by atoms with Crippen LogP contribution in [0.1, 0.15) is 25.8 Å². The first-order valence-corrected chi connectivity index (χ1v) is 7.27. The van der Waals surface area contributed by atoms with Crippen LogP contribution in [0.3, 0.4) is 0 Å². The second-order valence-corrected chi connectivity index (χ2v) is 4.73. The molecule has 2 N–H and O–H groups in total. The van der Waals surface area contributed by atoms with Gasteiger partial charge in [0.05, 0.1) is 0 Å². The van der Waals surface area contributed by atoms with Gasteiger partial charge in [-0.1, -0.05) is 6.92 Å². The normalized spacial score (nSPS) is 12.3. The van der Waals surface area contributed by atoms with Crippen LogP contribution in [0.5, 0.6) is 17.2 Å². The second-order valence-electron chi connectivity index (χ2n) is 4.73. The summed E-state index contributed by atoms with van der Waals surface area (Å²) in [6, 6.07) is 3.68. The Morgan fingerprint density at radius 1 is 1.29 bits per heavy atom. The van der Waals surface area contributed by atoms with Crippen molar-refractivity contribution in [1.29, 1.82) is 0 Å². The van der Waals surface area contributed by atoms with Crippen molar-refractivity contribution in [2.75, 3.05) is 26.5 Å². The molecule has 1 aromatic carbocycles. The molecule has 1 aliphatic rings. The van der Waals surface area contributed by atoms with Crippen molar-refractivity contribution < 1.29 is 19.0 Å². The van der Waals surface area contributed by atoms with E-state index >= 15 is 0 Å². The van der Waals surface area contributed by atoms with Gasteiger partial charge in [0.15, 0.2) is 18.1 Å². The van der Waals surface area contributed by atoms with Crippen LogP contribution in [0.15, 0.2) is 12.1 Å². The van der Waals surface area contributed by atoms with E-state index in [1.807, 2.05) is 13.0 Å². The maximum atomic E-state index is 11.5. The minimum atomic E-state index is -0.136. The Hall–Kier alpha value is -1.95. The van der Waals surface area contributed by atoms with Crippen LogP contribution in [0, 0.1) is 0 Å². The maximum Gasteiger partial charge on any atom is 0.257 e. The number of carbonyl (C=O) groups excluding carboxylic acids is 1. The van der Waals surface area contributed by atoms with Gasteiger partial charge in [0.25, 0.3) is 5.91 Å². The third-order valence-electron chi connectivity index (χ3n) is 3.03. The predicted molar refractivity (Wildman–Crippen MR) is 78.7 cm³/mol. The number of amides is 1. The molecular formula is C15H22N2O4. The van der Waals surface area contributed by atoms with Crippen LogP contribution in [0.2, 0.25) is 0 Å². The number of nitrogens with one attached hydrogen (secondary N) is 2. The largest absolute Gasteiger partial charge is 0.483 e. The number of likely N-dealkylation sites (N-methyl/N-ethyl adjacent to an activating group) is 1. The summed E-state index contributed by atoms with van der Waals surface area (Å²) in [5, 5.41) is 6.02. The number of rotatable bonds is 8. The van der Waals surface area contributed by atoms with E-state index in [9.17, 15) is 4.79 Å². The zero-order valence-electron chi connectivity index (χ0n) is 12.5. The molecule has 0 unspecified atom stereocenters. The van der Waals surface area contributed by atoms with E-state index in [0.717, 1.165) is 18.5 Å². The molecule has 116 valence electrons. The lowest BCUT2D eigenvalue weighted by molar-refractivity contribution is -0.123. The van der Waals surface area contributed by atoms with Gasteiger partial charge in [-0.3, -0.25) is 4.79 Å². The fourth-order valence-electron chi connectivity index (χ4n) is 2.03. The molecule has 0 spiro atoms. The molecule has 6 heteroatoms. The Labute approximate surface area is 124 Å². The summed E-state index contributed by atoms with van der Waals surface area (Å²) in [5.74, 6) is 1.88. The fraction of sp³-hybridized carbons (Fsp3) is 0.533. The molecule has 1 aliphatic heterocycles. The Morgan fingerprint density at radius 2 is 2.05 bits per heavy atom. The highest BCUT2D eigenvalue weighted by Gasteiger charge is 2.18. The monoisotopic (exact) mass is 294 g/mol. The lowest BCUT2D eigenvalue weighted by Gasteiger charge is -2.13. The summed E-state index contributed by atoms with van der Waals surface area (Å²) < 4.78 is 16.4. The summed E-state index contributed by atoms with van der Waals surface area (Å²) in [6.07, 6.45) is 1.06. The van der Waals surface area contributed by atoms with Crippen LogP contribution >= 0.6 is 0 Å². The van der Waals surface area contributed by atoms with Crippen molar-refractivity contribution in [3.8, 4) is 17.2 Å². The number of benzene rings is 1. The number of ether oxygens (including phenoxy) is 3. The van der Waals surface area contributed by atoms with Crippen molar-refractivity contribution in [3.05, 3.63) is 17.7 Å². The van der Waals surface area contributed by atoms with Crippen molar-refractivity contribution >= 4 is 5.91 Å². The molecule has 0 bridgehead atoms. The summed E-state index contributed by atoms with van der Waals surface area (Å²) in [5.41, 5.74) is 0.956. The van der Waals surface area contributed by atoms with E-state index in [4.69, 9.17) is 14.2 Å². The first kappa shape index (κ1) is 15.4. The highest BCUT2D eigenvalue weighted by molar-refractivity contribution is 5.77. The molecule has 0 atom stereocenters. The molecular weight excluding hydrogens is 272 g/mol. The van der Waals surface area contributed by atoms with Gasteiger partial charge in [0, 0.05) is 24.7 Å². The van der Waals surface area contributed by atoms with Gasteiger partial charge in [0.1, 0.15) is 5.75 Å². The van der Waals surface area contributed by atoms with Crippen LogP contribution < -0.4 is 24.8 Å². The van der Waals surface area contributed by atoms with Crippen LogP contribution in [-0.2, 0) is 11.3 Å². The predicted octanol–water partition coefficient (Wildman–Crippen LogP) is 1.43. The van der Waals surface area contributed by atoms with E-state index < -0.39 is 0 Å². The smallest absolute Gasteiger partial charge is 0.257 e.